The molecule has 0 spiro atoms. The Morgan fingerprint density at radius 3 is 2.38 bits per heavy atom. The van der Waals surface area contributed by atoms with Crippen molar-refractivity contribution in [3.8, 4) is 0 Å². The highest BCUT2D eigenvalue weighted by molar-refractivity contribution is 6.18. The highest BCUT2D eigenvalue weighted by Crippen LogP contribution is 2.33. The Morgan fingerprint density at radius 2 is 1.81 bits per heavy atom. The van der Waals surface area contributed by atoms with Crippen molar-refractivity contribution in [2.24, 2.45) is 0 Å². The van der Waals surface area contributed by atoms with Crippen molar-refractivity contribution in [1.29, 1.82) is 0 Å². The predicted octanol–water partition coefficient (Wildman–Crippen LogP) is 3.49. The van der Waals surface area contributed by atoms with E-state index in [1.54, 1.807) is 0 Å². The molecule has 0 saturated heterocycles. The molecule has 1 saturated carbocycles. The molecule has 2 rings (SSSR count). The number of hydrogen-bond donors (Lipinski definition) is 1. The summed E-state index contributed by atoms with van der Waals surface area (Å²) in [5.41, 5.74) is 2.64. The minimum Gasteiger partial charge on any atom is -0.392 e. The van der Waals surface area contributed by atoms with Crippen LogP contribution < -0.4 is 0 Å². The van der Waals surface area contributed by atoms with E-state index in [4.69, 9.17) is 11.6 Å². The summed E-state index contributed by atoms with van der Waals surface area (Å²) in [6.07, 6.45) is 5.66. The third kappa shape index (κ3) is 2.99. The van der Waals surface area contributed by atoms with E-state index < -0.39 is 6.10 Å². The second-order valence-electron chi connectivity index (χ2n) is 4.74. The summed E-state index contributed by atoms with van der Waals surface area (Å²) >= 11 is 5.59. The Morgan fingerprint density at radius 1 is 1.19 bits per heavy atom. The first-order chi connectivity index (χ1) is 7.79. The molecule has 0 heterocycles. The van der Waals surface area contributed by atoms with Gasteiger partial charge in [0.05, 0.1) is 6.10 Å². The Labute approximate surface area is 102 Å². The van der Waals surface area contributed by atoms with Crippen molar-refractivity contribution in [2.45, 2.75) is 44.1 Å². The molecule has 1 aromatic rings. The minimum absolute atomic E-state index is 0.310. The summed E-state index contributed by atoms with van der Waals surface area (Å²) in [6.45, 7) is 0. The molecule has 2 heteroatoms. The van der Waals surface area contributed by atoms with Crippen molar-refractivity contribution in [2.75, 3.05) is 5.88 Å². The summed E-state index contributed by atoms with van der Waals surface area (Å²) in [7, 11) is 0. The van der Waals surface area contributed by atoms with Gasteiger partial charge in [-0.1, -0.05) is 37.1 Å². The quantitative estimate of drug-likeness (QED) is 0.797. The molecule has 1 unspecified atom stereocenters. The second kappa shape index (κ2) is 5.70. The van der Waals surface area contributed by atoms with Gasteiger partial charge in [-0.2, -0.15) is 0 Å². The molecular weight excluding hydrogens is 220 g/mol. The molecule has 1 aromatic carbocycles. The minimum atomic E-state index is -0.418. The number of benzene rings is 1. The van der Waals surface area contributed by atoms with Crippen LogP contribution in [0.25, 0.3) is 0 Å². The van der Waals surface area contributed by atoms with Crippen LogP contribution in [0.1, 0.15) is 42.7 Å². The first kappa shape index (κ1) is 11.9. The standard InChI is InChI=1S/C14H19ClO/c15-10-14(16)9-11-5-7-13(8-6-11)12-3-1-2-4-12/h5-8,12,14,16H,1-4,9-10H2. The zero-order valence-electron chi connectivity index (χ0n) is 9.53. The number of alkyl halides is 1. The van der Waals surface area contributed by atoms with Gasteiger partial charge in [-0.15, -0.1) is 11.6 Å². The van der Waals surface area contributed by atoms with Crippen molar-refractivity contribution < 1.29 is 5.11 Å². The lowest BCUT2D eigenvalue weighted by Gasteiger charge is -2.11. The van der Waals surface area contributed by atoms with Crippen LogP contribution >= 0.6 is 11.6 Å². The molecule has 0 aliphatic heterocycles. The van der Waals surface area contributed by atoms with Gasteiger partial charge in [0.2, 0.25) is 0 Å². The molecule has 1 fully saturated rings. The number of halogens is 1. The highest BCUT2D eigenvalue weighted by atomic mass is 35.5. The van der Waals surface area contributed by atoms with Crippen molar-refractivity contribution in [1.82, 2.24) is 0 Å². The molecule has 1 aliphatic rings. The van der Waals surface area contributed by atoms with E-state index in [-0.39, 0.29) is 0 Å². The van der Waals surface area contributed by atoms with Crippen LogP contribution in [0.2, 0.25) is 0 Å². The van der Waals surface area contributed by atoms with Crippen LogP contribution in [0.3, 0.4) is 0 Å². The van der Waals surface area contributed by atoms with Crippen LogP contribution in [0.5, 0.6) is 0 Å². The summed E-state index contributed by atoms with van der Waals surface area (Å²) in [4.78, 5) is 0. The lowest BCUT2D eigenvalue weighted by Crippen LogP contribution is -2.11. The lowest BCUT2D eigenvalue weighted by molar-refractivity contribution is 0.199. The Kier molecular flexibility index (Phi) is 4.25. The van der Waals surface area contributed by atoms with Gasteiger partial charge in [-0.3, -0.25) is 0 Å². The number of rotatable bonds is 4. The van der Waals surface area contributed by atoms with Gasteiger partial charge in [0.15, 0.2) is 0 Å². The summed E-state index contributed by atoms with van der Waals surface area (Å²) in [5.74, 6) is 1.08. The van der Waals surface area contributed by atoms with Gasteiger partial charge >= 0.3 is 0 Å². The van der Waals surface area contributed by atoms with Gasteiger partial charge < -0.3 is 5.11 Å². The van der Waals surface area contributed by atoms with Crippen molar-refractivity contribution >= 4 is 11.6 Å². The first-order valence-electron chi connectivity index (χ1n) is 6.12. The van der Waals surface area contributed by atoms with Gasteiger partial charge in [-0.05, 0) is 36.3 Å². The van der Waals surface area contributed by atoms with Crippen molar-refractivity contribution in [3.63, 3.8) is 0 Å². The van der Waals surface area contributed by atoms with Gasteiger partial charge in [0.1, 0.15) is 0 Å². The molecule has 88 valence electrons. The fourth-order valence-electron chi connectivity index (χ4n) is 2.51. The highest BCUT2D eigenvalue weighted by Gasteiger charge is 2.16. The largest absolute Gasteiger partial charge is 0.392 e. The molecule has 1 atom stereocenters. The molecule has 0 radical (unpaired) electrons. The Hall–Kier alpha value is -0.530. The zero-order chi connectivity index (χ0) is 11.4. The second-order valence-corrected chi connectivity index (χ2v) is 5.04. The predicted molar refractivity (Wildman–Crippen MR) is 68.1 cm³/mol. The fourth-order valence-corrected chi connectivity index (χ4v) is 2.62. The van der Waals surface area contributed by atoms with E-state index in [0.717, 1.165) is 5.92 Å². The van der Waals surface area contributed by atoms with E-state index in [1.165, 1.54) is 36.8 Å². The van der Waals surface area contributed by atoms with Crippen LogP contribution in [0, 0.1) is 0 Å². The monoisotopic (exact) mass is 238 g/mol. The van der Waals surface area contributed by atoms with Crippen LogP contribution in [-0.2, 0) is 6.42 Å². The maximum atomic E-state index is 9.46. The van der Waals surface area contributed by atoms with E-state index in [1.807, 2.05) is 0 Å². The Bertz CT molecular complexity index is 314. The fraction of sp³-hybridized carbons (Fsp3) is 0.571. The average Bonchev–Trinajstić information content (AvgIpc) is 2.83. The van der Waals surface area contributed by atoms with E-state index in [0.29, 0.717) is 12.3 Å². The van der Waals surface area contributed by atoms with E-state index >= 15 is 0 Å². The van der Waals surface area contributed by atoms with E-state index in [9.17, 15) is 5.11 Å². The van der Waals surface area contributed by atoms with Crippen LogP contribution in [0.4, 0.5) is 0 Å². The summed E-state index contributed by atoms with van der Waals surface area (Å²) < 4.78 is 0. The first-order valence-corrected chi connectivity index (χ1v) is 6.66. The van der Waals surface area contributed by atoms with Gasteiger partial charge in [0.25, 0.3) is 0 Å². The molecule has 16 heavy (non-hydrogen) atoms. The number of hydrogen-bond acceptors (Lipinski definition) is 1. The molecular formula is C14H19ClO. The summed E-state index contributed by atoms with van der Waals surface area (Å²) in [5, 5.41) is 9.46. The molecule has 0 aromatic heterocycles. The van der Waals surface area contributed by atoms with Gasteiger partial charge in [-0.25, -0.2) is 0 Å². The topological polar surface area (TPSA) is 20.2 Å². The maximum Gasteiger partial charge on any atom is 0.0715 e. The third-order valence-electron chi connectivity index (χ3n) is 3.46. The lowest BCUT2D eigenvalue weighted by atomic mass is 9.96. The van der Waals surface area contributed by atoms with E-state index in [2.05, 4.69) is 24.3 Å². The van der Waals surface area contributed by atoms with Crippen LogP contribution in [-0.4, -0.2) is 17.1 Å². The molecule has 0 bridgehead atoms. The normalized spacial score (nSPS) is 18.9. The van der Waals surface area contributed by atoms with Crippen molar-refractivity contribution in [3.05, 3.63) is 35.4 Å². The molecule has 1 nitrogen and oxygen atoms in total. The Balaban J connectivity index is 1.98. The smallest absolute Gasteiger partial charge is 0.0715 e. The number of aliphatic hydroxyl groups is 1. The SMILES string of the molecule is OC(CCl)Cc1ccc(C2CCCC2)cc1. The summed E-state index contributed by atoms with van der Waals surface area (Å²) in [6, 6.07) is 8.69. The average molecular weight is 239 g/mol. The molecule has 1 N–H and O–H groups in total. The zero-order valence-corrected chi connectivity index (χ0v) is 10.3. The molecule has 0 amide bonds. The third-order valence-corrected chi connectivity index (χ3v) is 3.81. The molecule has 1 aliphatic carbocycles. The van der Waals surface area contributed by atoms with Gasteiger partial charge in [0, 0.05) is 5.88 Å². The maximum absolute atomic E-state index is 9.46. The van der Waals surface area contributed by atoms with Crippen LogP contribution in [0.15, 0.2) is 24.3 Å². The number of aliphatic hydroxyl groups excluding tert-OH is 1.